The van der Waals surface area contributed by atoms with E-state index in [1.165, 1.54) is 0 Å². The fourth-order valence-electron chi connectivity index (χ4n) is 3.37. The van der Waals surface area contributed by atoms with Crippen molar-refractivity contribution in [3.8, 4) is 0 Å². The van der Waals surface area contributed by atoms with Crippen LogP contribution in [0.5, 0.6) is 0 Å². The van der Waals surface area contributed by atoms with Crippen LogP contribution in [0.15, 0.2) is 0 Å². The maximum atomic E-state index is 6.59. The first kappa shape index (κ1) is 46.6. The maximum absolute atomic E-state index is 6.59. The molecule has 16 atom stereocenters. The van der Waals surface area contributed by atoms with Gasteiger partial charge in [-0.2, -0.15) is 0 Å². The minimum Gasteiger partial charge on any atom is -0.361 e. The van der Waals surface area contributed by atoms with Gasteiger partial charge >= 0.3 is 0 Å². The molecule has 17 heteroatoms. The molecule has 0 aromatic heterocycles. The van der Waals surface area contributed by atoms with Crippen LogP contribution in [0.1, 0.15) is 41.0 Å². The molecule has 0 rings (SSSR count). The lowest BCUT2D eigenvalue weighted by Gasteiger charge is -2.35. The van der Waals surface area contributed by atoms with Crippen LogP contribution in [-0.2, 0) is 4.74 Å². The SMILES string of the molecule is CC(C)C(Cl)C(Cl)C(Cl)C(Cl)C(Cl)C(Cl)C(Cl)C(Cl)C(Cl)C(Cl)C(Cl)C(Cl)C(Cl)C(Cl)C(Cl)C(Cl)OCCC(C)(C)C. The Balaban J connectivity index is 5.30. The van der Waals surface area contributed by atoms with Crippen molar-refractivity contribution in [3.05, 3.63) is 0 Å². The summed E-state index contributed by atoms with van der Waals surface area (Å²) < 4.78 is 5.62. The third-order valence-electron chi connectivity index (χ3n) is 6.28. The van der Waals surface area contributed by atoms with Gasteiger partial charge in [-0.25, -0.2) is 0 Å². The van der Waals surface area contributed by atoms with Crippen LogP contribution in [0.25, 0.3) is 0 Å². The Morgan fingerprint density at radius 1 is 0.381 bits per heavy atom. The molecule has 0 aliphatic rings. The molecular formula is C25H36Cl16O. The number of hydrogen-bond donors (Lipinski definition) is 0. The molecular weight excluding hydrogens is 884 g/mol. The zero-order chi connectivity index (χ0) is 33.4. The van der Waals surface area contributed by atoms with E-state index in [1.54, 1.807) is 0 Å². The molecule has 0 N–H and O–H groups in total. The Kier molecular flexibility index (Phi) is 24.1. The van der Waals surface area contributed by atoms with E-state index >= 15 is 0 Å². The van der Waals surface area contributed by atoms with Gasteiger partial charge in [0.05, 0.1) is 80.7 Å². The second-order valence-electron chi connectivity index (χ2n) is 11.4. The Morgan fingerprint density at radius 2 is 0.595 bits per heavy atom. The van der Waals surface area contributed by atoms with Crippen molar-refractivity contribution in [1.82, 2.24) is 0 Å². The predicted molar refractivity (Wildman–Crippen MR) is 199 cm³/mol. The minimum absolute atomic E-state index is 0.0416. The van der Waals surface area contributed by atoms with Crippen molar-refractivity contribution in [2.24, 2.45) is 11.3 Å². The summed E-state index contributed by atoms with van der Waals surface area (Å²) in [4.78, 5) is 0. The first-order chi connectivity index (χ1) is 19.0. The first-order valence-electron chi connectivity index (χ1n) is 12.9. The second-order valence-corrected chi connectivity index (χ2v) is 19.4. The fourth-order valence-corrected chi connectivity index (χ4v) is 9.22. The van der Waals surface area contributed by atoms with E-state index in [0.717, 1.165) is 6.42 Å². The number of ether oxygens (including phenoxy) is 1. The van der Waals surface area contributed by atoms with Gasteiger partial charge in [-0.1, -0.05) is 46.2 Å². The van der Waals surface area contributed by atoms with E-state index in [4.69, 9.17) is 190 Å². The highest BCUT2D eigenvalue weighted by molar-refractivity contribution is 6.46. The molecule has 0 saturated carbocycles. The number of alkyl halides is 16. The highest BCUT2D eigenvalue weighted by atomic mass is 35.5. The average molecular weight is 920 g/mol. The summed E-state index contributed by atoms with van der Waals surface area (Å²) in [6.45, 7) is 10.4. The molecule has 1 nitrogen and oxygen atoms in total. The van der Waals surface area contributed by atoms with E-state index in [0.29, 0.717) is 6.61 Å². The van der Waals surface area contributed by atoms with Crippen LogP contribution in [0.2, 0.25) is 0 Å². The van der Waals surface area contributed by atoms with Gasteiger partial charge in [-0.15, -0.1) is 174 Å². The third kappa shape index (κ3) is 14.8. The highest BCUT2D eigenvalue weighted by Gasteiger charge is 2.46. The Labute approximate surface area is 331 Å². The summed E-state index contributed by atoms with van der Waals surface area (Å²) in [5, 5.41) is -13.9. The van der Waals surface area contributed by atoms with Crippen molar-refractivity contribution in [3.63, 3.8) is 0 Å². The molecule has 0 heterocycles. The molecule has 0 aliphatic carbocycles. The van der Waals surface area contributed by atoms with Gasteiger partial charge in [-0.3, -0.25) is 0 Å². The van der Waals surface area contributed by atoms with Crippen molar-refractivity contribution in [1.29, 1.82) is 0 Å². The third-order valence-corrected chi connectivity index (χ3v) is 16.9. The Bertz CT molecular complexity index is 744. The van der Waals surface area contributed by atoms with E-state index in [2.05, 4.69) is 20.8 Å². The fraction of sp³-hybridized carbons (Fsp3) is 1.00. The van der Waals surface area contributed by atoms with Crippen molar-refractivity contribution >= 4 is 186 Å². The lowest BCUT2D eigenvalue weighted by atomic mass is 9.93. The molecule has 0 aromatic carbocycles. The highest BCUT2D eigenvalue weighted by Crippen LogP contribution is 2.40. The van der Waals surface area contributed by atoms with E-state index in [1.807, 2.05) is 13.8 Å². The quantitative estimate of drug-likeness (QED) is 0.117. The number of hydrogen-bond acceptors (Lipinski definition) is 1. The molecule has 254 valence electrons. The first-order valence-corrected chi connectivity index (χ1v) is 19.8. The summed E-state index contributed by atoms with van der Waals surface area (Å²) in [5.74, 6) is 0.0416. The molecule has 0 bridgehead atoms. The van der Waals surface area contributed by atoms with Gasteiger partial charge in [-0.05, 0) is 17.8 Å². The van der Waals surface area contributed by atoms with Gasteiger partial charge < -0.3 is 4.74 Å². The summed E-state index contributed by atoms with van der Waals surface area (Å²) in [5.41, 5.74) is -0.873. The van der Waals surface area contributed by atoms with Crippen LogP contribution in [0.4, 0.5) is 0 Å². The molecule has 0 amide bonds. The standard InChI is InChI=1S/C25H36Cl16O/c1-8(2)9(26)10(27)11(28)12(29)13(30)14(31)15(32)16(33)17(34)18(35)19(36)20(37)21(38)22(39)23(40)24(41)42-7-6-25(3,4)5/h8-24H,6-7H2,1-5H3. The lowest BCUT2D eigenvalue weighted by molar-refractivity contribution is 0.0819. The smallest absolute Gasteiger partial charge is 0.148 e. The van der Waals surface area contributed by atoms with Crippen LogP contribution in [-0.4, -0.2) is 92.8 Å². The zero-order valence-corrected chi connectivity index (χ0v) is 35.3. The zero-order valence-electron chi connectivity index (χ0n) is 23.2. The Hall–Kier alpha value is 4.60. The van der Waals surface area contributed by atoms with Crippen LogP contribution < -0.4 is 0 Å². The molecule has 0 radical (unpaired) electrons. The molecule has 0 aromatic rings. The number of halogens is 16. The topological polar surface area (TPSA) is 9.23 Å². The van der Waals surface area contributed by atoms with Gasteiger partial charge in [0.2, 0.25) is 0 Å². The molecule has 0 aliphatic heterocycles. The van der Waals surface area contributed by atoms with Crippen molar-refractivity contribution < 1.29 is 4.74 Å². The molecule has 0 saturated heterocycles. The van der Waals surface area contributed by atoms with Crippen LogP contribution in [0, 0.1) is 11.3 Å². The van der Waals surface area contributed by atoms with Gasteiger partial charge in [0, 0.05) is 6.61 Å². The molecule has 42 heavy (non-hydrogen) atoms. The van der Waals surface area contributed by atoms with Crippen LogP contribution >= 0.6 is 186 Å². The average Bonchev–Trinajstić information content (AvgIpc) is 2.93. The van der Waals surface area contributed by atoms with Gasteiger partial charge in [0.1, 0.15) is 5.56 Å². The summed E-state index contributed by atoms with van der Waals surface area (Å²) in [7, 11) is 0. The van der Waals surface area contributed by atoms with E-state index in [-0.39, 0.29) is 11.3 Å². The molecule has 0 spiro atoms. The lowest BCUT2D eigenvalue weighted by Crippen LogP contribution is -2.49. The maximum Gasteiger partial charge on any atom is 0.148 e. The monoisotopic (exact) mass is 912 g/mol. The molecule has 0 fully saturated rings. The normalized spacial score (nSPS) is 24.7. The minimum atomic E-state index is -1.05. The predicted octanol–water partition coefficient (Wildman–Crippen LogP) is 12.8. The summed E-state index contributed by atoms with van der Waals surface area (Å²) >= 11 is 104. The van der Waals surface area contributed by atoms with Gasteiger partial charge in [0.25, 0.3) is 0 Å². The van der Waals surface area contributed by atoms with E-state index < -0.39 is 86.2 Å². The molecule has 16 unspecified atom stereocenters. The van der Waals surface area contributed by atoms with Crippen molar-refractivity contribution in [2.75, 3.05) is 6.61 Å². The summed E-state index contributed by atoms with van der Waals surface area (Å²) in [6.07, 6.45) is 0.760. The number of rotatable bonds is 19. The second kappa shape index (κ2) is 21.7. The van der Waals surface area contributed by atoms with E-state index in [9.17, 15) is 0 Å². The van der Waals surface area contributed by atoms with Gasteiger partial charge in [0.15, 0.2) is 0 Å². The van der Waals surface area contributed by atoms with Crippen molar-refractivity contribution in [2.45, 2.75) is 127 Å². The largest absolute Gasteiger partial charge is 0.361 e. The van der Waals surface area contributed by atoms with Crippen LogP contribution in [0.3, 0.4) is 0 Å². The summed E-state index contributed by atoms with van der Waals surface area (Å²) in [6, 6.07) is 0. The Morgan fingerprint density at radius 3 is 0.810 bits per heavy atom.